The number of ether oxygens (including phenoxy) is 1. The second kappa shape index (κ2) is 7.90. The first-order valence-electron chi connectivity index (χ1n) is 6.32. The van der Waals surface area contributed by atoms with E-state index < -0.39 is 9.84 Å². The molecule has 9 heteroatoms. The van der Waals surface area contributed by atoms with Gasteiger partial charge in [0.1, 0.15) is 12.4 Å². The van der Waals surface area contributed by atoms with Crippen LogP contribution in [-0.4, -0.2) is 15.0 Å². The average molecular weight is 605 g/mol. The molecule has 0 aliphatic heterocycles. The van der Waals surface area contributed by atoms with E-state index in [1.165, 1.54) is 24.3 Å². The minimum atomic E-state index is -3.82. The van der Waals surface area contributed by atoms with Crippen LogP contribution in [0, 0.1) is 0 Å². The number of hydrogen-bond donors (Lipinski definition) is 0. The Morgan fingerprint density at radius 1 is 0.958 bits per heavy atom. The predicted octanol–water partition coefficient (Wildman–Crippen LogP) is 5.21. The molecule has 0 aromatic heterocycles. The Labute approximate surface area is 173 Å². The van der Waals surface area contributed by atoms with Crippen LogP contribution >= 0.6 is 63.7 Å². The molecule has 0 atom stereocenters. The van der Waals surface area contributed by atoms with Crippen molar-refractivity contribution in [1.82, 2.24) is 0 Å². The van der Waals surface area contributed by atoms with Gasteiger partial charge >= 0.3 is 0 Å². The van der Waals surface area contributed by atoms with Gasteiger partial charge in [-0.1, -0.05) is 50.3 Å². The zero-order chi connectivity index (χ0) is 18.1. The molecule has 0 saturated carbocycles. The first-order valence-corrected chi connectivity index (χ1v) is 11.0. The molecule has 0 unspecified atom stereocenters. The normalized spacial score (nSPS) is 11.3. The summed E-state index contributed by atoms with van der Waals surface area (Å²) in [6.45, 7) is 3.86. The highest BCUT2D eigenvalue weighted by Crippen LogP contribution is 2.39. The summed E-state index contributed by atoms with van der Waals surface area (Å²) in [6.07, 6.45) is 1.59. The molecule has 0 radical (unpaired) electrons. The van der Waals surface area contributed by atoms with E-state index in [0.717, 1.165) is 0 Å². The molecule has 4 nitrogen and oxygen atoms in total. The van der Waals surface area contributed by atoms with E-state index in [2.05, 4.69) is 70.3 Å². The molecule has 0 bridgehead atoms. The molecule has 0 saturated heterocycles. The van der Waals surface area contributed by atoms with Crippen LogP contribution in [0.2, 0.25) is 0 Å². The molecule has 0 heterocycles. The second-order valence-electron chi connectivity index (χ2n) is 4.54. The molecule has 0 aliphatic carbocycles. The van der Waals surface area contributed by atoms with Crippen LogP contribution in [0.1, 0.15) is 0 Å². The van der Waals surface area contributed by atoms with Crippen LogP contribution in [0.3, 0.4) is 0 Å². The van der Waals surface area contributed by atoms with Crippen molar-refractivity contribution in [3.8, 4) is 11.5 Å². The second-order valence-corrected chi connectivity index (χ2v) is 9.90. The van der Waals surface area contributed by atoms with E-state index in [9.17, 15) is 13.5 Å². The number of halogens is 4. The first-order chi connectivity index (χ1) is 11.2. The lowest BCUT2D eigenvalue weighted by Gasteiger charge is -2.15. The third kappa shape index (κ3) is 4.07. The van der Waals surface area contributed by atoms with Gasteiger partial charge in [-0.25, -0.2) is 8.42 Å². The highest BCUT2D eigenvalue weighted by atomic mass is 79.9. The summed E-state index contributed by atoms with van der Waals surface area (Å²) in [7, 11) is -3.82. The molecule has 0 aliphatic rings. The van der Waals surface area contributed by atoms with Gasteiger partial charge in [0, 0.05) is 8.95 Å². The quantitative estimate of drug-likeness (QED) is 0.440. The van der Waals surface area contributed by atoms with E-state index in [1.807, 2.05) is 0 Å². The van der Waals surface area contributed by atoms with E-state index in [-0.39, 0.29) is 31.1 Å². The van der Waals surface area contributed by atoms with E-state index in [0.29, 0.717) is 14.7 Å². The van der Waals surface area contributed by atoms with E-state index in [4.69, 9.17) is 4.74 Å². The SMILES string of the molecule is C=CCOc1c(Br)cc(S(=O)(=O)c2cc(Br)c([O-])c(Br)c2)cc1Br. The Balaban J connectivity index is 2.56. The van der Waals surface area contributed by atoms with Crippen LogP contribution in [-0.2, 0) is 9.84 Å². The lowest BCUT2D eigenvalue weighted by atomic mass is 10.3. The van der Waals surface area contributed by atoms with Crippen molar-refractivity contribution in [2.75, 3.05) is 6.61 Å². The summed E-state index contributed by atoms with van der Waals surface area (Å²) in [4.78, 5) is 0.0593. The smallest absolute Gasteiger partial charge is 0.206 e. The van der Waals surface area contributed by atoms with Gasteiger partial charge in [0.25, 0.3) is 0 Å². The first kappa shape index (κ1) is 20.0. The topological polar surface area (TPSA) is 66.4 Å². The van der Waals surface area contributed by atoms with Crippen LogP contribution < -0.4 is 9.84 Å². The summed E-state index contributed by atoms with van der Waals surface area (Å²) in [5.41, 5.74) is 0. The lowest BCUT2D eigenvalue weighted by Crippen LogP contribution is -2.05. The van der Waals surface area contributed by atoms with E-state index >= 15 is 0 Å². The number of rotatable bonds is 5. The molecular weight excluding hydrogens is 596 g/mol. The molecule has 0 spiro atoms. The number of benzene rings is 2. The van der Waals surface area contributed by atoms with Crippen LogP contribution in [0.25, 0.3) is 0 Å². The van der Waals surface area contributed by atoms with Crippen molar-refractivity contribution in [1.29, 1.82) is 0 Å². The summed E-state index contributed by atoms with van der Waals surface area (Å²) < 4.78 is 32.5. The van der Waals surface area contributed by atoms with Crippen molar-refractivity contribution >= 4 is 73.6 Å². The molecular formula is C15H9Br4O4S-. The van der Waals surface area contributed by atoms with E-state index in [1.54, 1.807) is 6.08 Å². The number of sulfone groups is 1. The van der Waals surface area contributed by atoms with Gasteiger partial charge in [-0.2, -0.15) is 0 Å². The van der Waals surface area contributed by atoms with Crippen LogP contribution in [0.5, 0.6) is 11.5 Å². The summed E-state index contributed by atoms with van der Waals surface area (Å²) in [6, 6.07) is 5.47. The Hall–Kier alpha value is -0.350. The van der Waals surface area contributed by atoms with Crippen LogP contribution in [0.4, 0.5) is 0 Å². The zero-order valence-electron chi connectivity index (χ0n) is 11.9. The highest BCUT2D eigenvalue weighted by molar-refractivity contribution is 9.11. The number of hydrogen-bond acceptors (Lipinski definition) is 4. The van der Waals surface area contributed by atoms with Crippen molar-refractivity contribution < 1.29 is 18.3 Å². The minimum Gasteiger partial charge on any atom is -0.871 e. The fraction of sp³-hybridized carbons (Fsp3) is 0.0667. The standard InChI is InChI=1S/C15H10Br4O4S/c1-2-3-23-15-12(18)6-9(7-13(15)19)24(21,22)8-4-10(16)14(20)11(17)5-8/h2,4-7,20H,1,3H2/p-1. The molecule has 0 amide bonds. The third-order valence-electron chi connectivity index (χ3n) is 2.91. The maximum absolute atomic E-state index is 12.8. The Bertz CT molecular complexity index is 864. The molecule has 0 fully saturated rings. The molecule has 2 rings (SSSR count). The summed E-state index contributed by atoms with van der Waals surface area (Å²) in [5.74, 6) is 0.163. The largest absolute Gasteiger partial charge is 0.871 e. The zero-order valence-corrected chi connectivity index (χ0v) is 19.0. The highest BCUT2D eigenvalue weighted by Gasteiger charge is 2.22. The van der Waals surface area contributed by atoms with Crippen molar-refractivity contribution in [3.05, 3.63) is 54.8 Å². The molecule has 128 valence electrons. The van der Waals surface area contributed by atoms with Crippen molar-refractivity contribution in [2.45, 2.75) is 9.79 Å². The van der Waals surface area contributed by atoms with Gasteiger partial charge in [0.05, 0.1) is 18.7 Å². The van der Waals surface area contributed by atoms with Crippen molar-refractivity contribution in [2.24, 2.45) is 0 Å². The fourth-order valence-electron chi connectivity index (χ4n) is 1.80. The monoisotopic (exact) mass is 601 g/mol. The fourth-order valence-corrected chi connectivity index (χ4v) is 6.37. The Morgan fingerprint density at radius 2 is 1.38 bits per heavy atom. The van der Waals surface area contributed by atoms with Crippen LogP contribution in [0.15, 0.2) is 64.6 Å². The molecule has 24 heavy (non-hydrogen) atoms. The lowest BCUT2D eigenvalue weighted by molar-refractivity contribution is -0.270. The average Bonchev–Trinajstić information content (AvgIpc) is 2.51. The van der Waals surface area contributed by atoms with Gasteiger partial charge in [0.15, 0.2) is 0 Å². The Kier molecular flexibility index (Phi) is 6.58. The third-order valence-corrected chi connectivity index (χ3v) is 6.98. The maximum Gasteiger partial charge on any atom is 0.206 e. The maximum atomic E-state index is 12.8. The summed E-state index contributed by atoms with van der Waals surface area (Å²) >= 11 is 12.8. The Morgan fingerprint density at radius 3 is 1.79 bits per heavy atom. The molecule has 0 N–H and O–H groups in total. The van der Waals surface area contributed by atoms with Gasteiger partial charge in [-0.15, -0.1) is 0 Å². The van der Waals surface area contributed by atoms with Gasteiger partial charge < -0.3 is 9.84 Å². The predicted molar refractivity (Wildman–Crippen MR) is 104 cm³/mol. The molecule has 2 aromatic rings. The van der Waals surface area contributed by atoms with Crippen molar-refractivity contribution in [3.63, 3.8) is 0 Å². The minimum absolute atomic E-state index is 0.000546. The summed E-state index contributed by atoms with van der Waals surface area (Å²) in [5, 5.41) is 11.7. The van der Waals surface area contributed by atoms with Gasteiger partial charge in [0.2, 0.25) is 9.84 Å². The molecule has 2 aromatic carbocycles. The van der Waals surface area contributed by atoms with Gasteiger partial charge in [-0.05, 0) is 56.1 Å². The van der Waals surface area contributed by atoms with Gasteiger partial charge in [-0.3, -0.25) is 0 Å².